The number of nitrogens with one attached hydrogen (secondary N) is 1. The summed E-state index contributed by atoms with van der Waals surface area (Å²) in [5, 5.41) is 3.49. The van der Waals surface area contributed by atoms with Crippen molar-refractivity contribution in [1.29, 1.82) is 0 Å². The normalized spacial score (nSPS) is 26.0. The number of carbonyl (C=O) groups is 2. The molecular formula is C21H23NO2. The van der Waals surface area contributed by atoms with E-state index < -0.39 is 0 Å². The van der Waals surface area contributed by atoms with Gasteiger partial charge in [0.1, 0.15) is 0 Å². The maximum absolute atomic E-state index is 13.0. The van der Waals surface area contributed by atoms with Crippen LogP contribution in [0.2, 0.25) is 0 Å². The molecule has 1 unspecified atom stereocenters. The van der Waals surface area contributed by atoms with E-state index in [0.717, 1.165) is 47.4 Å². The minimum absolute atomic E-state index is 0.0269. The van der Waals surface area contributed by atoms with E-state index in [2.05, 4.69) is 19.2 Å². The van der Waals surface area contributed by atoms with Crippen LogP contribution < -0.4 is 5.32 Å². The van der Waals surface area contributed by atoms with Crippen molar-refractivity contribution in [1.82, 2.24) is 5.32 Å². The monoisotopic (exact) mass is 321 g/mol. The summed E-state index contributed by atoms with van der Waals surface area (Å²) >= 11 is 0. The van der Waals surface area contributed by atoms with Crippen LogP contribution in [0, 0.1) is 5.41 Å². The topological polar surface area (TPSA) is 46.2 Å². The van der Waals surface area contributed by atoms with E-state index in [1.54, 1.807) is 0 Å². The van der Waals surface area contributed by atoms with Gasteiger partial charge in [-0.2, -0.15) is 0 Å². The van der Waals surface area contributed by atoms with Crippen LogP contribution in [0.15, 0.2) is 52.9 Å². The smallest absolute Gasteiger partial charge is 0.162 e. The second kappa shape index (κ2) is 5.44. The first kappa shape index (κ1) is 15.4. The highest BCUT2D eigenvalue weighted by molar-refractivity contribution is 6.06. The standard InChI is InChI=1S/C21H23NO2/c1-21(2)11-15-20(17(24)12-21)18(13-7-4-3-5-8-13)19-14(22-15)9-6-10-16(19)23/h3-5,7-8,18,22H,6,9-12H2,1-2H3. The molecule has 2 aliphatic carbocycles. The maximum Gasteiger partial charge on any atom is 0.162 e. The molecule has 1 heterocycles. The van der Waals surface area contributed by atoms with Crippen LogP contribution in [-0.2, 0) is 9.59 Å². The largest absolute Gasteiger partial charge is 0.362 e. The SMILES string of the molecule is CC1(C)CC(=O)C2=C(C1)NC1=C(C(=O)CCC1)C2c1ccccc1. The fourth-order valence-electron chi connectivity index (χ4n) is 4.41. The second-order valence-corrected chi connectivity index (χ2v) is 7.97. The zero-order chi connectivity index (χ0) is 16.9. The van der Waals surface area contributed by atoms with Gasteiger partial charge in [-0.05, 0) is 30.2 Å². The van der Waals surface area contributed by atoms with Gasteiger partial charge in [-0.15, -0.1) is 0 Å². The minimum atomic E-state index is -0.186. The number of carbonyl (C=O) groups excluding carboxylic acids is 2. The highest BCUT2D eigenvalue weighted by Crippen LogP contribution is 2.48. The molecule has 24 heavy (non-hydrogen) atoms. The quantitative estimate of drug-likeness (QED) is 0.849. The van der Waals surface area contributed by atoms with Gasteiger partial charge >= 0.3 is 0 Å². The Bertz CT molecular complexity index is 783. The molecular weight excluding hydrogens is 298 g/mol. The molecule has 124 valence electrons. The molecule has 3 heteroatoms. The van der Waals surface area contributed by atoms with Crippen LogP contribution in [0.3, 0.4) is 0 Å². The van der Waals surface area contributed by atoms with Crippen LogP contribution in [-0.4, -0.2) is 11.6 Å². The second-order valence-electron chi connectivity index (χ2n) is 7.97. The zero-order valence-corrected chi connectivity index (χ0v) is 14.3. The summed E-state index contributed by atoms with van der Waals surface area (Å²) in [6, 6.07) is 10.0. The zero-order valence-electron chi connectivity index (χ0n) is 14.3. The van der Waals surface area contributed by atoms with Crippen molar-refractivity contribution in [3.05, 3.63) is 58.4 Å². The molecule has 0 amide bonds. The molecule has 1 atom stereocenters. The van der Waals surface area contributed by atoms with Crippen molar-refractivity contribution >= 4 is 11.6 Å². The molecule has 1 aromatic rings. The van der Waals surface area contributed by atoms with E-state index in [-0.39, 0.29) is 22.9 Å². The summed E-state index contributed by atoms with van der Waals surface area (Å²) in [5.41, 5.74) is 4.78. The highest BCUT2D eigenvalue weighted by Gasteiger charge is 2.43. The first-order valence-electron chi connectivity index (χ1n) is 8.81. The van der Waals surface area contributed by atoms with Crippen LogP contribution in [0.4, 0.5) is 0 Å². The van der Waals surface area contributed by atoms with Crippen molar-refractivity contribution in [2.24, 2.45) is 5.41 Å². The van der Waals surface area contributed by atoms with Crippen molar-refractivity contribution in [3.63, 3.8) is 0 Å². The van der Waals surface area contributed by atoms with E-state index in [9.17, 15) is 9.59 Å². The lowest BCUT2D eigenvalue weighted by atomic mass is 9.67. The molecule has 1 aliphatic heterocycles. The van der Waals surface area contributed by atoms with Gasteiger partial charge in [0.15, 0.2) is 11.6 Å². The predicted octanol–water partition coefficient (Wildman–Crippen LogP) is 4.02. The first-order chi connectivity index (χ1) is 11.5. The van der Waals surface area contributed by atoms with E-state index in [0.29, 0.717) is 12.8 Å². The maximum atomic E-state index is 13.0. The molecule has 0 aromatic heterocycles. The predicted molar refractivity (Wildman–Crippen MR) is 93.3 cm³/mol. The van der Waals surface area contributed by atoms with E-state index in [1.807, 2.05) is 30.3 Å². The molecule has 1 aromatic carbocycles. The fraction of sp³-hybridized carbons (Fsp3) is 0.429. The minimum Gasteiger partial charge on any atom is -0.362 e. The van der Waals surface area contributed by atoms with E-state index in [4.69, 9.17) is 0 Å². The first-order valence-corrected chi connectivity index (χ1v) is 8.81. The number of Topliss-reactive ketones (excluding diaryl/α,β-unsaturated/α-hetero) is 2. The summed E-state index contributed by atoms with van der Waals surface area (Å²) in [4.78, 5) is 25.7. The Morgan fingerprint density at radius 2 is 1.62 bits per heavy atom. The van der Waals surface area contributed by atoms with E-state index in [1.165, 1.54) is 0 Å². The Balaban J connectivity index is 1.90. The van der Waals surface area contributed by atoms with Gasteiger partial charge in [0.2, 0.25) is 0 Å². The van der Waals surface area contributed by atoms with Crippen LogP contribution >= 0.6 is 0 Å². The average Bonchev–Trinajstić information content (AvgIpc) is 2.53. The van der Waals surface area contributed by atoms with Gasteiger partial charge in [0.25, 0.3) is 0 Å². The average molecular weight is 321 g/mol. The Morgan fingerprint density at radius 3 is 2.38 bits per heavy atom. The molecule has 3 aliphatic rings. The summed E-state index contributed by atoms with van der Waals surface area (Å²) in [6.45, 7) is 4.29. The third-order valence-corrected chi connectivity index (χ3v) is 5.39. The number of allylic oxidation sites excluding steroid dienone is 4. The Morgan fingerprint density at radius 1 is 0.917 bits per heavy atom. The van der Waals surface area contributed by atoms with Gasteiger partial charge in [-0.25, -0.2) is 0 Å². The fourth-order valence-corrected chi connectivity index (χ4v) is 4.41. The molecule has 4 rings (SSSR count). The van der Waals surface area contributed by atoms with Crippen molar-refractivity contribution in [2.45, 2.75) is 51.9 Å². The van der Waals surface area contributed by atoms with Gasteiger partial charge in [0.05, 0.1) is 0 Å². The molecule has 0 spiro atoms. The number of ketones is 2. The highest BCUT2D eigenvalue weighted by atomic mass is 16.1. The number of hydrogen-bond donors (Lipinski definition) is 1. The lowest BCUT2D eigenvalue weighted by Crippen LogP contribution is -2.39. The summed E-state index contributed by atoms with van der Waals surface area (Å²) < 4.78 is 0. The van der Waals surface area contributed by atoms with Gasteiger partial charge in [-0.1, -0.05) is 44.2 Å². The third kappa shape index (κ3) is 2.43. The number of hydrogen-bond acceptors (Lipinski definition) is 3. The summed E-state index contributed by atoms with van der Waals surface area (Å²) in [5.74, 6) is 0.197. The number of benzene rings is 1. The molecule has 0 radical (unpaired) electrons. The number of dihydropyridines is 1. The lowest BCUT2D eigenvalue weighted by molar-refractivity contribution is -0.118. The van der Waals surface area contributed by atoms with E-state index >= 15 is 0 Å². The number of rotatable bonds is 1. The van der Waals surface area contributed by atoms with Crippen LogP contribution in [0.5, 0.6) is 0 Å². The summed E-state index contributed by atoms with van der Waals surface area (Å²) in [6.07, 6.45) is 3.80. The molecule has 0 saturated carbocycles. The Hall–Kier alpha value is -2.16. The molecule has 3 nitrogen and oxygen atoms in total. The van der Waals surface area contributed by atoms with Crippen molar-refractivity contribution < 1.29 is 9.59 Å². The summed E-state index contributed by atoms with van der Waals surface area (Å²) in [7, 11) is 0. The molecule has 0 bridgehead atoms. The molecule has 0 fully saturated rings. The van der Waals surface area contributed by atoms with Crippen molar-refractivity contribution in [2.75, 3.05) is 0 Å². The molecule has 1 N–H and O–H groups in total. The Labute approximate surface area is 142 Å². The van der Waals surface area contributed by atoms with Gasteiger partial charge in [0, 0.05) is 41.3 Å². The lowest BCUT2D eigenvalue weighted by Gasteiger charge is -2.41. The Kier molecular flexibility index (Phi) is 3.48. The third-order valence-electron chi connectivity index (χ3n) is 5.39. The van der Waals surface area contributed by atoms with Crippen LogP contribution in [0.1, 0.15) is 57.4 Å². The van der Waals surface area contributed by atoms with Gasteiger partial charge in [-0.3, -0.25) is 9.59 Å². The van der Waals surface area contributed by atoms with Gasteiger partial charge < -0.3 is 5.32 Å². The van der Waals surface area contributed by atoms with Crippen LogP contribution in [0.25, 0.3) is 0 Å². The van der Waals surface area contributed by atoms with Crippen molar-refractivity contribution in [3.8, 4) is 0 Å². The molecule has 0 saturated heterocycles.